The topological polar surface area (TPSA) is 38.3 Å². The van der Waals surface area contributed by atoms with Crippen LogP contribution in [0.3, 0.4) is 0 Å². The molecule has 0 unspecified atom stereocenters. The van der Waals surface area contributed by atoms with Gasteiger partial charge in [-0.1, -0.05) is 11.6 Å². The summed E-state index contributed by atoms with van der Waals surface area (Å²) in [5.41, 5.74) is 0.0299. The number of halogens is 1. The maximum Gasteiger partial charge on any atom is 0.220 e. The third-order valence-electron chi connectivity index (χ3n) is 4.15. The molecule has 0 saturated carbocycles. The largest absolute Gasteiger partial charge is 0.374 e. The van der Waals surface area contributed by atoms with Gasteiger partial charge in [0.1, 0.15) is 0 Å². The molecular formula is C15H20ClNO2S2. The molecule has 1 aromatic heterocycles. The lowest BCUT2D eigenvalue weighted by Gasteiger charge is -2.38. The van der Waals surface area contributed by atoms with E-state index in [9.17, 15) is 4.79 Å². The first kappa shape index (κ1) is 15.7. The molecule has 6 heteroatoms. The maximum absolute atomic E-state index is 12.1. The van der Waals surface area contributed by atoms with Gasteiger partial charge in [-0.15, -0.1) is 11.3 Å². The summed E-state index contributed by atoms with van der Waals surface area (Å²) < 4.78 is 6.77. The van der Waals surface area contributed by atoms with Crippen LogP contribution in [0.1, 0.15) is 30.6 Å². The fourth-order valence-corrected chi connectivity index (χ4v) is 5.50. The highest BCUT2D eigenvalue weighted by Crippen LogP contribution is 2.38. The molecule has 21 heavy (non-hydrogen) atoms. The molecule has 3 nitrogen and oxygen atoms in total. The van der Waals surface area contributed by atoms with E-state index in [1.165, 1.54) is 10.6 Å². The van der Waals surface area contributed by atoms with Gasteiger partial charge in [-0.05, 0) is 43.6 Å². The number of hydrogen-bond donors (Lipinski definition) is 1. The van der Waals surface area contributed by atoms with Crippen LogP contribution in [0.25, 0.3) is 0 Å². The second kappa shape index (κ2) is 6.90. The predicted molar refractivity (Wildman–Crippen MR) is 89.4 cm³/mol. The van der Waals surface area contributed by atoms with E-state index in [1.54, 1.807) is 11.3 Å². The number of ether oxygens (including phenoxy) is 1. The molecule has 3 rings (SSSR count). The normalized spacial score (nSPS) is 28.9. The SMILES string of the molecule is O=C(CCc1ccc(Cl)s1)N[C@@H]1CCO[C@]2(CCSC2)C1. The molecule has 1 aromatic rings. The highest BCUT2D eigenvalue weighted by Gasteiger charge is 2.40. The molecule has 1 N–H and O–H groups in total. The first-order chi connectivity index (χ1) is 10.2. The lowest BCUT2D eigenvalue weighted by molar-refractivity contribution is -0.124. The van der Waals surface area contributed by atoms with Gasteiger partial charge in [-0.25, -0.2) is 0 Å². The number of thiophene rings is 1. The van der Waals surface area contributed by atoms with Crippen LogP contribution >= 0.6 is 34.7 Å². The van der Waals surface area contributed by atoms with Crippen molar-refractivity contribution in [3.05, 3.63) is 21.3 Å². The molecule has 2 atom stereocenters. The highest BCUT2D eigenvalue weighted by molar-refractivity contribution is 7.99. The zero-order valence-corrected chi connectivity index (χ0v) is 14.3. The highest BCUT2D eigenvalue weighted by atomic mass is 35.5. The van der Waals surface area contributed by atoms with Gasteiger partial charge >= 0.3 is 0 Å². The summed E-state index contributed by atoms with van der Waals surface area (Å²) >= 11 is 9.42. The van der Waals surface area contributed by atoms with Gasteiger partial charge in [0.15, 0.2) is 0 Å². The Morgan fingerprint density at radius 1 is 1.52 bits per heavy atom. The Balaban J connectivity index is 1.46. The summed E-state index contributed by atoms with van der Waals surface area (Å²) in [6.07, 6.45) is 4.33. The lowest BCUT2D eigenvalue weighted by Crippen LogP contribution is -2.48. The minimum atomic E-state index is 0.0299. The number of rotatable bonds is 4. The molecule has 0 radical (unpaired) electrons. The van der Waals surface area contributed by atoms with Gasteiger partial charge in [0.2, 0.25) is 5.91 Å². The number of hydrogen-bond acceptors (Lipinski definition) is 4. The zero-order valence-electron chi connectivity index (χ0n) is 11.9. The average molecular weight is 346 g/mol. The second-order valence-corrected chi connectivity index (χ2v) is 8.70. The van der Waals surface area contributed by atoms with Crippen LogP contribution in [0.15, 0.2) is 12.1 Å². The summed E-state index contributed by atoms with van der Waals surface area (Å²) in [7, 11) is 0. The third kappa shape index (κ3) is 4.15. The van der Waals surface area contributed by atoms with Crippen molar-refractivity contribution >= 4 is 40.6 Å². The quantitative estimate of drug-likeness (QED) is 0.907. The first-order valence-electron chi connectivity index (χ1n) is 7.41. The van der Waals surface area contributed by atoms with E-state index in [-0.39, 0.29) is 17.6 Å². The van der Waals surface area contributed by atoms with E-state index in [1.807, 2.05) is 23.9 Å². The Kier molecular flexibility index (Phi) is 5.15. The van der Waals surface area contributed by atoms with Gasteiger partial charge in [-0.3, -0.25) is 4.79 Å². The van der Waals surface area contributed by atoms with E-state index in [0.717, 1.165) is 42.4 Å². The van der Waals surface area contributed by atoms with E-state index in [4.69, 9.17) is 16.3 Å². The number of carbonyl (C=O) groups excluding carboxylic acids is 1. The molecule has 2 saturated heterocycles. The Labute approximate surface area is 138 Å². The first-order valence-corrected chi connectivity index (χ1v) is 9.75. The minimum Gasteiger partial charge on any atom is -0.374 e. The summed E-state index contributed by atoms with van der Waals surface area (Å²) in [6.45, 7) is 0.770. The van der Waals surface area contributed by atoms with Crippen molar-refractivity contribution in [2.75, 3.05) is 18.1 Å². The van der Waals surface area contributed by atoms with Crippen LogP contribution < -0.4 is 5.32 Å². The molecule has 0 aliphatic carbocycles. The van der Waals surface area contributed by atoms with Crippen molar-refractivity contribution in [1.29, 1.82) is 0 Å². The van der Waals surface area contributed by atoms with Gasteiger partial charge in [0.25, 0.3) is 0 Å². The smallest absolute Gasteiger partial charge is 0.220 e. The average Bonchev–Trinajstić information content (AvgIpc) is 3.06. The third-order valence-corrected chi connectivity index (χ3v) is 6.67. The second-order valence-electron chi connectivity index (χ2n) is 5.80. The summed E-state index contributed by atoms with van der Waals surface area (Å²) in [5, 5.41) is 3.19. The Morgan fingerprint density at radius 2 is 2.43 bits per heavy atom. The predicted octanol–water partition coefficient (Wildman–Crippen LogP) is 3.51. The molecule has 1 amide bonds. The van der Waals surface area contributed by atoms with Crippen LogP contribution in [0.5, 0.6) is 0 Å². The summed E-state index contributed by atoms with van der Waals surface area (Å²) in [5.74, 6) is 2.40. The number of aryl methyl sites for hydroxylation is 1. The van der Waals surface area contributed by atoms with E-state index in [2.05, 4.69) is 5.32 Å². The van der Waals surface area contributed by atoms with Crippen molar-refractivity contribution < 1.29 is 9.53 Å². The summed E-state index contributed by atoms with van der Waals surface area (Å²) in [4.78, 5) is 13.3. The van der Waals surface area contributed by atoms with Crippen LogP contribution in [-0.4, -0.2) is 35.7 Å². The number of thioether (sulfide) groups is 1. The van der Waals surface area contributed by atoms with Crippen LogP contribution in [0.2, 0.25) is 4.34 Å². The van der Waals surface area contributed by atoms with Crippen molar-refractivity contribution in [2.45, 2.75) is 43.7 Å². The molecule has 3 heterocycles. The number of carbonyl (C=O) groups is 1. The van der Waals surface area contributed by atoms with Crippen molar-refractivity contribution in [3.63, 3.8) is 0 Å². The molecule has 116 valence electrons. The standard InChI is InChI=1S/C15H20ClNO2S2/c16-13-3-1-12(21-13)2-4-14(18)17-11-5-7-19-15(9-11)6-8-20-10-15/h1,3,11H,2,4-10H2,(H,17,18)/t11-,15-/m1/s1. The van der Waals surface area contributed by atoms with Gasteiger partial charge in [-0.2, -0.15) is 11.8 Å². The number of amides is 1. The molecule has 2 fully saturated rings. The van der Waals surface area contributed by atoms with Crippen molar-refractivity contribution in [2.24, 2.45) is 0 Å². The molecule has 2 aliphatic heterocycles. The zero-order chi connectivity index (χ0) is 14.7. The van der Waals surface area contributed by atoms with Crippen LogP contribution in [-0.2, 0) is 16.0 Å². The van der Waals surface area contributed by atoms with Gasteiger partial charge < -0.3 is 10.1 Å². The lowest BCUT2D eigenvalue weighted by atomic mass is 9.90. The fraction of sp³-hybridized carbons (Fsp3) is 0.667. The van der Waals surface area contributed by atoms with Crippen LogP contribution in [0.4, 0.5) is 0 Å². The number of nitrogens with one attached hydrogen (secondary N) is 1. The maximum atomic E-state index is 12.1. The molecule has 1 spiro atoms. The van der Waals surface area contributed by atoms with E-state index >= 15 is 0 Å². The van der Waals surface area contributed by atoms with Crippen molar-refractivity contribution in [1.82, 2.24) is 5.32 Å². The monoisotopic (exact) mass is 345 g/mol. The molecule has 0 bridgehead atoms. The Morgan fingerprint density at radius 3 is 3.14 bits per heavy atom. The van der Waals surface area contributed by atoms with E-state index in [0.29, 0.717) is 6.42 Å². The van der Waals surface area contributed by atoms with Gasteiger partial charge in [0.05, 0.1) is 9.94 Å². The van der Waals surface area contributed by atoms with E-state index < -0.39 is 0 Å². The van der Waals surface area contributed by atoms with Crippen molar-refractivity contribution in [3.8, 4) is 0 Å². The Hall–Kier alpha value is -0.230. The Bertz CT molecular complexity index is 500. The molecular weight excluding hydrogens is 326 g/mol. The summed E-state index contributed by atoms with van der Waals surface area (Å²) in [6, 6.07) is 4.16. The fourth-order valence-electron chi connectivity index (χ4n) is 3.04. The molecule has 2 aliphatic rings. The minimum absolute atomic E-state index is 0.0299. The molecule has 0 aromatic carbocycles. The van der Waals surface area contributed by atoms with Gasteiger partial charge in [0, 0.05) is 29.7 Å². The van der Waals surface area contributed by atoms with Crippen LogP contribution in [0, 0.1) is 0 Å².